The Morgan fingerprint density at radius 1 is 1.45 bits per heavy atom. The molecule has 0 bridgehead atoms. The minimum absolute atomic E-state index is 0.0218. The molecular formula is C14H22N2O3S. The van der Waals surface area contributed by atoms with Gasteiger partial charge in [-0.2, -0.15) is 0 Å². The smallest absolute Gasteiger partial charge is 0.303 e. The molecule has 1 unspecified atom stereocenters. The number of carbonyl (C=O) groups excluding carboxylic acids is 1. The van der Waals surface area contributed by atoms with Gasteiger partial charge in [0.25, 0.3) is 0 Å². The molecule has 1 aromatic rings. The third-order valence-electron chi connectivity index (χ3n) is 2.94. The summed E-state index contributed by atoms with van der Waals surface area (Å²) in [5.74, 6) is -1.03. The van der Waals surface area contributed by atoms with Crippen molar-refractivity contribution in [3.8, 4) is 0 Å². The van der Waals surface area contributed by atoms with Gasteiger partial charge in [-0.3, -0.25) is 9.59 Å². The highest BCUT2D eigenvalue weighted by molar-refractivity contribution is 7.11. The Kier molecular flexibility index (Phi) is 5.68. The lowest BCUT2D eigenvalue weighted by Gasteiger charge is -2.22. The molecule has 0 radical (unpaired) electrons. The van der Waals surface area contributed by atoms with Crippen LogP contribution in [0.25, 0.3) is 0 Å². The van der Waals surface area contributed by atoms with Gasteiger partial charge >= 0.3 is 5.97 Å². The first-order valence-electron chi connectivity index (χ1n) is 6.69. The summed E-state index contributed by atoms with van der Waals surface area (Å²) in [4.78, 5) is 28.2. The summed E-state index contributed by atoms with van der Waals surface area (Å²) >= 11 is 1.59. The van der Waals surface area contributed by atoms with Crippen LogP contribution < -0.4 is 5.32 Å². The lowest BCUT2D eigenvalue weighted by Crippen LogP contribution is -2.31. The number of nitrogens with one attached hydrogen (secondary N) is 1. The van der Waals surface area contributed by atoms with Gasteiger partial charge in [0.2, 0.25) is 5.91 Å². The molecule has 1 rings (SSSR count). The fraction of sp³-hybridized carbons (Fsp3) is 0.643. The molecule has 0 saturated heterocycles. The molecular weight excluding hydrogens is 276 g/mol. The maximum atomic E-state index is 12.0. The molecule has 0 saturated carbocycles. The number of amides is 1. The zero-order valence-corrected chi connectivity index (χ0v) is 13.2. The van der Waals surface area contributed by atoms with Gasteiger partial charge in [0.15, 0.2) is 0 Å². The molecule has 0 fully saturated rings. The van der Waals surface area contributed by atoms with Crippen molar-refractivity contribution in [2.75, 3.05) is 0 Å². The fourth-order valence-electron chi connectivity index (χ4n) is 1.95. The van der Waals surface area contributed by atoms with E-state index in [1.54, 1.807) is 25.2 Å². The van der Waals surface area contributed by atoms with E-state index in [1.807, 2.05) is 13.1 Å². The molecule has 1 heterocycles. The second-order valence-corrected chi connectivity index (χ2v) is 6.87. The number of carboxylic acid groups (broad SMARTS) is 1. The first kappa shape index (κ1) is 16.6. The summed E-state index contributed by atoms with van der Waals surface area (Å²) < 4.78 is 0. The minimum Gasteiger partial charge on any atom is -0.481 e. The molecule has 20 heavy (non-hydrogen) atoms. The van der Waals surface area contributed by atoms with Crippen molar-refractivity contribution >= 4 is 23.2 Å². The van der Waals surface area contributed by atoms with Crippen LogP contribution in [0, 0.1) is 5.41 Å². The Bertz CT molecular complexity index is 483. The van der Waals surface area contributed by atoms with Crippen molar-refractivity contribution in [1.82, 2.24) is 10.3 Å². The van der Waals surface area contributed by atoms with Crippen molar-refractivity contribution in [2.45, 2.75) is 53.0 Å². The number of aryl methyl sites for hydroxylation is 1. The normalized spacial score (nSPS) is 13.0. The second-order valence-electron chi connectivity index (χ2n) is 5.72. The summed E-state index contributed by atoms with van der Waals surface area (Å²) in [6.07, 6.45) is 2.93. The van der Waals surface area contributed by atoms with Crippen LogP contribution in [-0.2, 0) is 16.0 Å². The maximum absolute atomic E-state index is 12.0. The zero-order chi connectivity index (χ0) is 15.3. The number of nitrogens with zero attached hydrogens (tertiary/aromatic N) is 1. The average molecular weight is 298 g/mol. The van der Waals surface area contributed by atoms with E-state index in [2.05, 4.69) is 17.2 Å². The summed E-state index contributed by atoms with van der Waals surface area (Å²) in [6.45, 7) is 7.52. The van der Waals surface area contributed by atoms with Crippen LogP contribution in [0.15, 0.2) is 6.20 Å². The zero-order valence-electron chi connectivity index (χ0n) is 12.4. The highest BCUT2D eigenvalue weighted by atomic mass is 32.1. The van der Waals surface area contributed by atoms with Crippen LogP contribution in [0.1, 0.15) is 56.5 Å². The van der Waals surface area contributed by atoms with Gasteiger partial charge in [-0.1, -0.05) is 20.8 Å². The monoisotopic (exact) mass is 298 g/mol. The number of carbonyl (C=O) groups is 2. The highest BCUT2D eigenvalue weighted by Crippen LogP contribution is 2.26. The maximum Gasteiger partial charge on any atom is 0.303 e. The number of aliphatic carboxylic acids is 1. The molecule has 0 spiro atoms. The van der Waals surface area contributed by atoms with Crippen LogP contribution >= 0.6 is 11.3 Å². The van der Waals surface area contributed by atoms with E-state index in [4.69, 9.17) is 5.11 Å². The van der Waals surface area contributed by atoms with Crippen LogP contribution in [0.5, 0.6) is 0 Å². The number of thiazole rings is 1. The van der Waals surface area contributed by atoms with Gasteiger partial charge in [0, 0.05) is 17.5 Å². The van der Waals surface area contributed by atoms with Gasteiger partial charge in [0.1, 0.15) is 5.01 Å². The standard InChI is InChI=1S/C14H22N2O3S/c1-5-10-8-15-13(20-10)9(2)16-11(17)6-14(3,4)7-12(18)19/h8-9H,5-7H2,1-4H3,(H,16,17)(H,18,19). The minimum atomic E-state index is -0.886. The molecule has 1 atom stereocenters. The second kappa shape index (κ2) is 6.83. The van der Waals surface area contributed by atoms with Crippen molar-refractivity contribution in [1.29, 1.82) is 0 Å². The molecule has 1 aromatic heterocycles. The number of carboxylic acids is 1. The third-order valence-corrected chi connectivity index (χ3v) is 4.26. The van der Waals surface area contributed by atoms with Gasteiger partial charge in [-0.05, 0) is 18.8 Å². The molecule has 0 aliphatic heterocycles. The Balaban J connectivity index is 2.55. The summed E-state index contributed by atoms with van der Waals surface area (Å²) in [6, 6.07) is -0.145. The van der Waals surface area contributed by atoms with Gasteiger partial charge in [-0.15, -0.1) is 11.3 Å². The summed E-state index contributed by atoms with van der Waals surface area (Å²) in [5.41, 5.74) is -0.549. The fourth-order valence-corrected chi connectivity index (χ4v) is 2.81. The van der Waals surface area contributed by atoms with E-state index in [0.29, 0.717) is 0 Å². The predicted octanol–water partition coefficient (Wildman–Crippen LogP) is 2.77. The molecule has 5 nitrogen and oxygen atoms in total. The number of hydrogen-bond acceptors (Lipinski definition) is 4. The van der Waals surface area contributed by atoms with Crippen molar-refractivity contribution in [2.24, 2.45) is 5.41 Å². The summed E-state index contributed by atoms with van der Waals surface area (Å²) in [5, 5.41) is 12.6. The number of aromatic nitrogens is 1. The highest BCUT2D eigenvalue weighted by Gasteiger charge is 2.26. The molecule has 0 aromatic carbocycles. The predicted molar refractivity (Wildman–Crippen MR) is 78.7 cm³/mol. The van der Waals surface area contributed by atoms with Gasteiger partial charge in [0.05, 0.1) is 12.5 Å². The van der Waals surface area contributed by atoms with Crippen LogP contribution in [0.2, 0.25) is 0 Å². The molecule has 0 aliphatic carbocycles. The lowest BCUT2D eigenvalue weighted by molar-refractivity contribution is -0.139. The van der Waals surface area contributed by atoms with Crippen LogP contribution in [0.4, 0.5) is 0 Å². The van der Waals surface area contributed by atoms with E-state index in [0.717, 1.165) is 11.4 Å². The van der Waals surface area contributed by atoms with Crippen molar-refractivity contribution in [3.63, 3.8) is 0 Å². The molecule has 1 amide bonds. The topological polar surface area (TPSA) is 79.3 Å². The molecule has 2 N–H and O–H groups in total. The number of rotatable bonds is 7. The Labute approximate surface area is 123 Å². The Morgan fingerprint density at radius 3 is 2.60 bits per heavy atom. The largest absolute Gasteiger partial charge is 0.481 e. The lowest BCUT2D eigenvalue weighted by atomic mass is 9.85. The summed E-state index contributed by atoms with van der Waals surface area (Å²) in [7, 11) is 0. The van der Waals surface area contributed by atoms with Gasteiger partial charge < -0.3 is 10.4 Å². The quantitative estimate of drug-likeness (QED) is 0.811. The van der Waals surface area contributed by atoms with Crippen LogP contribution in [-0.4, -0.2) is 22.0 Å². The molecule has 0 aliphatic rings. The third kappa shape index (κ3) is 5.28. The Morgan fingerprint density at radius 2 is 2.10 bits per heavy atom. The van der Waals surface area contributed by atoms with E-state index >= 15 is 0 Å². The molecule has 112 valence electrons. The van der Waals surface area contributed by atoms with E-state index < -0.39 is 11.4 Å². The van der Waals surface area contributed by atoms with E-state index in [1.165, 1.54) is 4.88 Å². The first-order valence-corrected chi connectivity index (χ1v) is 7.51. The van der Waals surface area contributed by atoms with Gasteiger partial charge in [-0.25, -0.2) is 4.98 Å². The first-order chi connectivity index (χ1) is 9.23. The average Bonchev–Trinajstić information content (AvgIpc) is 2.74. The molecule has 6 heteroatoms. The SMILES string of the molecule is CCc1cnc(C(C)NC(=O)CC(C)(C)CC(=O)O)s1. The van der Waals surface area contributed by atoms with E-state index in [-0.39, 0.29) is 24.8 Å². The van der Waals surface area contributed by atoms with Crippen molar-refractivity contribution < 1.29 is 14.7 Å². The van der Waals surface area contributed by atoms with Crippen LogP contribution in [0.3, 0.4) is 0 Å². The van der Waals surface area contributed by atoms with E-state index in [9.17, 15) is 9.59 Å². The van der Waals surface area contributed by atoms with Crippen molar-refractivity contribution in [3.05, 3.63) is 16.1 Å². The Hall–Kier alpha value is -1.43. The number of hydrogen-bond donors (Lipinski definition) is 2.